The highest BCUT2D eigenvalue weighted by Crippen LogP contribution is 2.31. The molecule has 96 valence electrons. The average molecular weight is 302 g/mol. The maximum atomic E-state index is 6.10. The van der Waals surface area contributed by atoms with Gasteiger partial charge in [0.15, 0.2) is 4.77 Å². The minimum absolute atomic E-state index is 0.411. The molecule has 1 atom stereocenters. The van der Waals surface area contributed by atoms with Crippen LogP contribution in [0.15, 0.2) is 12.1 Å². The lowest BCUT2D eigenvalue weighted by molar-refractivity contribution is 0.394. The van der Waals surface area contributed by atoms with E-state index in [1.807, 2.05) is 12.1 Å². The van der Waals surface area contributed by atoms with Crippen molar-refractivity contribution in [3.8, 4) is 0 Å². The summed E-state index contributed by atoms with van der Waals surface area (Å²) in [6.07, 6.45) is 1.11. The standard InChI is InChI=1S/C12H13Cl2N3S/c1-16-3-2-7(6-16)17-11-5-9(14)8(13)4-10(11)15-12(17)18/h4-5,7H,2-3,6H2,1H3,(H,15,18). The monoisotopic (exact) mass is 301 g/mol. The van der Waals surface area contributed by atoms with E-state index in [1.54, 1.807) is 0 Å². The van der Waals surface area contributed by atoms with Crippen molar-refractivity contribution in [2.75, 3.05) is 20.1 Å². The molecule has 0 saturated carbocycles. The van der Waals surface area contributed by atoms with Crippen LogP contribution in [0.3, 0.4) is 0 Å². The second kappa shape index (κ2) is 4.53. The van der Waals surface area contributed by atoms with Crippen molar-refractivity contribution < 1.29 is 0 Å². The van der Waals surface area contributed by atoms with Crippen molar-refractivity contribution in [1.82, 2.24) is 14.5 Å². The highest BCUT2D eigenvalue weighted by molar-refractivity contribution is 7.71. The fourth-order valence-electron chi connectivity index (χ4n) is 2.61. The van der Waals surface area contributed by atoms with E-state index in [2.05, 4.69) is 21.5 Å². The smallest absolute Gasteiger partial charge is 0.178 e. The SMILES string of the molecule is CN1CCC(n2c(=S)[nH]c3cc(Cl)c(Cl)cc32)C1. The summed E-state index contributed by atoms with van der Waals surface area (Å²) in [7, 11) is 2.13. The Kier molecular flexibility index (Phi) is 3.14. The predicted octanol–water partition coefficient (Wildman–Crippen LogP) is 3.88. The maximum absolute atomic E-state index is 6.10. The minimum Gasteiger partial charge on any atom is -0.331 e. The largest absolute Gasteiger partial charge is 0.331 e. The van der Waals surface area contributed by atoms with Gasteiger partial charge in [-0.1, -0.05) is 23.2 Å². The Bertz CT molecular complexity index is 661. The van der Waals surface area contributed by atoms with Crippen LogP contribution in [0.2, 0.25) is 10.0 Å². The van der Waals surface area contributed by atoms with E-state index in [-0.39, 0.29) is 0 Å². The Morgan fingerprint density at radius 2 is 2.06 bits per heavy atom. The van der Waals surface area contributed by atoms with Gasteiger partial charge in [0.25, 0.3) is 0 Å². The fraction of sp³-hybridized carbons (Fsp3) is 0.417. The van der Waals surface area contributed by atoms with E-state index in [0.29, 0.717) is 16.1 Å². The van der Waals surface area contributed by atoms with E-state index < -0.39 is 0 Å². The molecule has 1 aliphatic rings. The zero-order valence-corrected chi connectivity index (χ0v) is 12.2. The third-order valence-corrected chi connectivity index (χ3v) is 4.51. The number of benzene rings is 1. The molecule has 6 heteroatoms. The normalized spacial score (nSPS) is 20.9. The number of likely N-dealkylation sites (N-methyl/N-ethyl adjacent to an activating group) is 1. The number of hydrogen-bond donors (Lipinski definition) is 1. The van der Waals surface area contributed by atoms with Gasteiger partial charge >= 0.3 is 0 Å². The summed E-state index contributed by atoms with van der Waals surface area (Å²) in [4.78, 5) is 5.51. The van der Waals surface area contributed by atoms with Crippen molar-refractivity contribution in [3.05, 3.63) is 26.9 Å². The number of H-pyrrole nitrogens is 1. The van der Waals surface area contributed by atoms with E-state index in [1.165, 1.54) is 0 Å². The number of aromatic nitrogens is 2. The first-order valence-corrected chi connectivity index (χ1v) is 7.00. The molecule has 3 rings (SSSR count). The Balaban J connectivity index is 2.19. The molecule has 1 saturated heterocycles. The summed E-state index contributed by atoms with van der Waals surface area (Å²) < 4.78 is 2.90. The topological polar surface area (TPSA) is 24.0 Å². The van der Waals surface area contributed by atoms with Gasteiger partial charge in [0.2, 0.25) is 0 Å². The molecule has 1 N–H and O–H groups in total. The third-order valence-electron chi connectivity index (χ3n) is 3.49. The molecule has 1 aliphatic heterocycles. The number of fused-ring (bicyclic) bond motifs is 1. The fourth-order valence-corrected chi connectivity index (χ4v) is 3.28. The molecule has 1 fully saturated rings. The van der Waals surface area contributed by atoms with Crippen LogP contribution in [0.25, 0.3) is 11.0 Å². The van der Waals surface area contributed by atoms with Gasteiger partial charge in [0.05, 0.1) is 27.1 Å². The molecule has 1 aromatic heterocycles. The molecule has 1 aromatic carbocycles. The minimum atomic E-state index is 0.411. The van der Waals surface area contributed by atoms with Gasteiger partial charge in [-0.2, -0.15) is 0 Å². The molecule has 18 heavy (non-hydrogen) atoms. The molecule has 0 bridgehead atoms. The zero-order chi connectivity index (χ0) is 12.9. The number of imidazole rings is 1. The van der Waals surface area contributed by atoms with Crippen molar-refractivity contribution in [1.29, 1.82) is 0 Å². The van der Waals surface area contributed by atoms with E-state index >= 15 is 0 Å². The molecule has 0 radical (unpaired) electrons. The first kappa shape index (κ1) is 12.5. The molecule has 2 heterocycles. The molecular formula is C12H13Cl2N3S. The van der Waals surface area contributed by atoms with E-state index in [4.69, 9.17) is 35.4 Å². The van der Waals surface area contributed by atoms with Crippen LogP contribution >= 0.6 is 35.4 Å². The quantitative estimate of drug-likeness (QED) is 0.808. The summed E-state index contributed by atoms with van der Waals surface area (Å²) in [6, 6.07) is 4.14. The summed E-state index contributed by atoms with van der Waals surface area (Å²) in [6.45, 7) is 2.11. The van der Waals surface area contributed by atoms with E-state index in [9.17, 15) is 0 Å². The van der Waals surface area contributed by atoms with Crippen LogP contribution in [0.1, 0.15) is 12.5 Å². The lowest BCUT2D eigenvalue weighted by Gasteiger charge is -2.13. The van der Waals surface area contributed by atoms with Gasteiger partial charge < -0.3 is 14.5 Å². The Morgan fingerprint density at radius 3 is 2.72 bits per heavy atom. The van der Waals surface area contributed by atoms with Gasteiger partial charge in [-0.15, -0.1) is 0 Å². The first-order chi connectivity index (χ1) is 8.56. The number of nitrogens with zero attached hydrogens (tertiary/aromatic N) is 2. The third kappa shape index (κ3) is 1.97. The Hall–Kier alpha value is -0.550. The number of likely N-dealkylation sites (tertiary alicyclic amines) is 1. The molecule has 2 aromatic rings. The second-order valence-electron chi connectivity index (χ2n) is 4.79. The number of nitrogens with one attached hydrogen (secondary N) is 1. The number of rotatable bonds is 1. The van der Waals surface area contributed by atoms with Crippen molar-refractivity contribution in [2.24, 2.45) is 0 Å². The van der Waals surface area contributed by atoms with Crippen LogP contribution in [-0.4, -0.2) is 34.6 Å². The summed E-state index contributed by atoms with van der Waals surface area (Å²) in [5.74, 6) is 0. The van der Waals surface area contributed by atoms with Crippen molar-refractivity contribution in [2.45, 2.75) is 12.5 Å². The van der Waals surface area contributed by atoms with Crippen LogP contribution in [0.5, 0.6) is 0 Å². The maximum Gasteiger partial charge on any atom is 0.178 e. The van der Waals surface area contributed by atoms with Crippen LogP contribution in [0, 0.1) is 4.77 Å². The molecule has 0 amide bonds. The second-order valence-corrected chi connectivity index (χ2v) is 5.99. The molecular weight excluding hydrogens is 289 g/mol. The van der Waals surface area contributed by atoms with Crippen LogP contribution < -0.4 is 0 Å². The number of halogens is 2. The first-order valence-electron chi connectivity index (χ1n) is 5.84. The Morgan fingerprint density at radius 1 is 1.33 bits per heavy atom. The summed E-state index contributed by atoms with van der Waals surface area (Å²) >= 11 is 17.5. The van der Waals surface area contributed by atoms with Crippen molar-refractivity contribution >= 4 is 46.5 Å². The molecule has 3 nitrogen and oxygen atoms in total. The summed E-state index contributed by atoms with van der Waals surface area (Å²) in [5.41, 5.74) is 1.98. The van der Waals surface area contributed by atoms with E-state index in [0.717, 1.165) is 35.3 Å². The highest BCUT2D eigenvalue weighted by atomic mass is 35.5. The van der Waals surface area contributed by atoms with Crippen LogP contribution in [0.4, 0.5) is 0 Å². The van der Waals surface area contributed by atoms with Gasteiger partial charge in [0, 0.05) is 6.54 Å². The number of hydrogen-bond acceptors (Lipinski definition) is 2. The molecule has 0 spiro atoms. The van der Waals surface area contributed by atoms with Gasteiger partial charge in [0.1, 0.15) is 0 Å². The molecule has 1 unspecified atom stereocenters. The van der Waals surface area contributed by atoms with Gasteiger partial charge in [-0.05, 0) is 44.4 Å². The number of aromatic amines is 1. The lowest BCUT2D eigenvalue weighted by atomic mass is 10.2. The highest BCUT2D eigenvalue weighted by Gasteiger charge is 2.23. The average Bonchev–Trinajstić information content (AvgIpc) is 2.83. The van der Waals surface area contributed by atoms with Crippen LogP contribution in [-0.2, 0) is 0 Å². The Labute approximate surface area is 120 Å². The predicted molar refractivity (Wildman–Crippen MR) is 78.3 cm³/mol. The zero-order valence-electron chi connectivity index (χ0n) is 9.91. The van der Waals surface area contributed by atoms with Gasteiger partial charge in [-0.25, -0.2) is 0 Å². The van der Waals surface area contributed by atoms with Gasteiger partial charge in [-0.3, -0.25) is 0 Å². The molecule has 0 aliphatic carbocycles. The van der Waals surface area contributed by atoms with Crippen molar-refractivity contribution in [3.63, 3.8) is 0 Å². The summed E-state index contributed by atoms with van der Waals surface area (Å²) in [5, 5.41) is 1.12. The lowest BCUT2D eigenvalue weighted by Crippen LogP contribution is -2.16.